The predicted octanol–water partition coefficient (Wildman–Crippen LogP) is 1.99. The molecule has 0 radical (unpaired) electrons. The predicted molar refractivity (Wildman–Crippen MR) is 71.2 cm³/mol. The van der Waals surface area contributed by atoms with Crippen molar-refractivity contribution in [3.63, 3.8) is 0 Å². The van der Waals surface area contributed by atoms with Crippen LogP contribution in [0.1, 0.15) is 35.4 Å². The maximum atomic E-state index is 12.0. The Hall–Kier alpha value is -0.870. The number of carbonyl (C=O) groups excluding carboxylic acids is 1. The molecule has 1 fully saturated rings. The van der Waals surface area contributed by atoms with E-state index in [4.69, 9.17) is 5.73 Å². The van der Waals surface area contributed by atoms with Crippen molar-refractivity contribution in [3.05, 3.63) is 21.9 Å². The molecule has 2 rings (SSSR count). The third-order valence-corrected chi connectivity index (χ3v) is 4.49. The Morgan fingerprint density at radius 2 is 2.18 bits per heavy atom. The summed E-state index contributed by atoms with van der Waals surface area (Å²) in [5.41, 5.74) is 5.68. The maximum Gasteiger partial charge on any atom is 0.225 e. The molecule has 0 atom stereocenters. The Morgan fingerprint density at radius 1 is 1.47 bits per heavy atom. The van der Waals surface area contributed by atoms with Gasteiger partial charge in [-0.1, -0.05) is 12.8 Å². The fourth-order valence-electron chi connectivity index (χ4n) is 2.51. The fraction of sp³-hybridized carbons (Fsp3) is 0.615. The van der Waals surface area contributed by atoms with Gasteiger partial charge in [0.2, 0.25) is 5.91 Å². The standard InChI is InChI=1S/C13H20N2OS/c1-10-4-5-11(17-10)8-12(16)15-13(9-14)6-2-3-7-13/h4-5H,2-3,6-9,14H2,1H3,(H,15,16). The molecule has 0 bridgehead atoms. The summed E-state index contributed by atoms with van der Waals surface area (Å²) in [6.07, 6.45) is 4.89. The molecule has 3 nitrogen and oxygen atoms in total. The Morgan fingerprint density at radius 3 is 2.71 bits per heavy atom. The van der Waals surface area contributed by atoms with Crippen molar-refractivity contribution in [3.8, 4) is 0 Å². The fourth-order valence-corrected chi connectivity index (χ4v) is 3.40. The number of aryl methyl sites for hydroxylation is 1. The molecule has 1 saturated carbocycles. The monoisotopic (exact) mass is 252 g/mol. The third kappa shape index (κ3) is 3.07. The Balaban J connectivity index is 1.92. The second kappa shape index (κ2) is 5.19. The molecule has 1 aliphatic rings. The molecule has 1 amide bonds. The van der Waals surface area contributed by atoms with E-state index in [1.165, 1.54) is 17.7 Å². The van der Waals surface area contributed by atoms with Crippen LogP contribution in [0.3, 0.4) is 0 Å². The van der Waals surface area contributed by atoms with Crippen LogP contribution in [-0.2, 0) is 11.2 Å². The zero-order chi connectivity index (χ0) is 12.3. The van der Waals surface area contributed by atoms with Crippen molar-refractivity contribution in [2.24, 2.45) is 5.73 Å². The normalized spacial score (nSPS) is 18.2. The van der Waals surface area contributed by atoms with Crippen molar-refractivity contribution in [2.75, 3.05) is 6.54 Å². The van der Waals surface area contributed by atoms with Crippen molar-refractivity contribution < 1.29 is 4.79 Å². The minimum atomic E-state index is -0.122. The van der Waals surface area contributed by atoms with E-state index in [2.05, 4.69) is 18.3 Å². The van der Waals surface area contributed by atoms with Crippen LogP contribution in [0.15, 0.2) is 12.1 Å². The van der Waals surface area contributed by atoms with Gasteiger partial charge in [0.25, 0.3) is 0 Å². The Labute approximate surface area is 106 Å². The molecule has 1 aromatic heterocycles. The summed E-state index contributed by atoms with van der Waals surface area (Å²) >= 11 is 1.69. The highest BCUT2D eigenvalue weighted by molar-refractivity contribution is 7.12. The number of carbonyl (C=O) groups is 1. The van der Waals surface area contributed by atoms with Gasteiger partial charge in [0.05, 0.1) is 12.0 Å². The van der Waals surface area contributed by atoms with Gasteiger partial charge in [-0.15, -0.1) is 11.3 Å². The van der Waals surface area contributed by atoms with Gasteiger partial charge >= 0.3 is 0 Å². The number of nitrogens with two attached hydrogens (primary N) is 1. The van der Waals surface area contributed by atoms with Gasteiger partial charge in [-0.2, -0.15) is 0 Å². The van der Waals surface area contributed by atoms with E-state index in [-0.39, 0.29) is 11.4 Å². The first kappa shape index (κ1) is 12.6. The lowest BCUT2D eigenvalue weighted by molar-refractivity contribution is -0.122. The number of hydrogen-bond acceptors (Lipinski definition) is 3. The lowest BCUT2D eigenvalue weighted by Crippen LogP contribution is -2.52. The van der Waals surface area contributed by atoms with E-state index in [9.17, 15) is 4.79 Å². The van der Waals surface area contributed by atoms with Crippen molar-refractivity contribution in [2.45, 2.75) is 44.6 Å². The van der Waals surface area contributed by atoms with Crippen molar-refractivity contribution in [1.82, 2.24) is 5.32 Å². The average molecular weight is 252 g/mol. The van der Waals surface area contributed by atoms with Crippen molar-refractivity contribution >= 4 is 17.2 Å². The highest BCUT2D eigenvalue weighted by Gasteiger charge is 2.33. The van der Waals surface area contributed by atoms with E-state index in [0.29, 0.717) is 13.0 Å². The molecule has 1 aromatic rings. The van der Waals surface area contributed by atoms with Crippen LogP contribution in [-0.4, -0.2) is 18.0 Å². The highest BCUT2D eigenvalue weighted by atomic mass is 32.1. The van der Waals surface area contributed by atoms with Crippen LogP contribution in [0, 0.1) is 6.92 Å². The minimum Gasteiger partial charge on any atom is -0.349 e. The molecule has 0 unspecified atom stereocenters. The van der Waals surface area contributed by atoms with Gasteiger partial charge in [0, 0.05) is 16.3 Å². The van der Waals surface area contributed by atoms with Gasteiger partial charge in [-0.25, -0.2) is 0 Å². The van der Waals surface area contributed by atoms with E-state index >= 15 is 0 Å². The molecule has 0 aromatic carbocycles. The third-order valence-electron chi connectivity index (χ3n) is 3.49. The molecule has 1 heterocycles. The summed E-state index contributed by atoms with van der Waals surface area (Å²) in [5.74, 6) is 0.110. The molecule has 3 N–H and O–H groups in total. The minimum absolute atomic E-state index is 0.110. The smallest absolute Gasteiger partial charge is 0.225 e. The molecule has 0 saturated heterocycles. The SMILES string of the molecule is Cc1ccc(CC(=O)NC2(CN)CCCC2)s1. The topological polar surface area (TPSA) is 55.1 Å². The summed E-state index contributed by atoms with van der Waals surface area (Å²) in [6, 6.07) is 4.09. The van der Waals surface area contributed by atoms with Crippen LogP contribution in [0.25, 0.3) is 0 Å². The molecular formula is C13H20N2OS. The summed E-state index contributed by atoms with van der Waals surface area (Å²) in [6.45, 7) is 2.62. The van der Waals surface area contributed by atoms with Gasteiger partial charge < -0.3 is 11.1 Å². The first-order chi connectivity index (χ1) is 8.13. The van der Waals surface area contributed by atoms with Gasteiger partial charge in [-0.05, 0) is 31.9 Å². The summed E-state index contributed by atoms with van der Waals surface area (Å²) in [7, 11) is 0. The van der Waals surface area contributed by atoms with Crippen LogP contribution < -0.4 is 11.1 Å². The zero-order valence-corrected chi connectivity index (χ0v) is 11.1. The first-order valence-electron chi connectivity index (χ1n) is 6.20. The van der Waals surface area contributed by atoms with E-state index < -0.39 is 0 Å². The van der Waals surface area contributed by atoms with Crippen LogP contribution in [0.5, 0.6) is 0 Å². The molecule has 1 aliphatic carbocycles. The zero-order valence-electron chi connectivity index (χ0n) is 10.3. The second-order valence-corrected chi connectivity index (χ2v) is 6.30. The molecule has 4 heteroatoms. The first-order valence-corrected chi connectivity index (χ1v) is 7.02. The highest BCUT2D eigenvalue weighted by Crippen LogP contribution is 2.28. The molecule has 94 valence electrons. The lowest BCUT2D eigenvalue weighted by atomic mass is 9.97. The largest absolute Gasteiger partial charge is 0.349 e. The second-order valence-electron chi connectivity index (χ2n) is 4.93. The quantitative estimate of drug-likeness (QED) is 0.861. The van der Waals surface area contributed by atoms with Gasteiger partial charge in [0.1, 0.15) is 0 Å². The summed E-state index contributed by atoms with van der Waals surface area (Å²) < 4.78 is 0. The number of hydrogen-bond donors (Lipinski definition) is 2. The van der Waals surface area contributed by atoms with Crippen LogP contribution >= 0.6 is 11.3 Å². The maximum absolute atomic E-state index is 12.0. The van der Waals surface area contributed by atoms with Gasteiger partial charge in [0.15, 0.2) is 0 Å². The molecule has 0 aliphatic heterocycles. The number of amides is 1. The van der Waals surface area contributed by atoms with Crippen LogP contribution in [0.4, 0.5) is 0 Å². The Bertz CT molecular complexity index is 394. The molecule has 17 heavy (non-hydrogen) atoms. The number of nitrogens with one attached hydrogen (secondary N) is 1. The Kier molecular flexibility index (Phi) is 3.84. The van der Waals surface area contributed by atoms with E-state index in [1.807, 2.05) is 6.07 Å². The van der Waals surface area contributed by atoms with E-state index in [1.54, 1.807) is 11.3 Å². The summed E-state index contributed by atoms with van der Waals surface area (Å²) in [4.78, 5) is 14.4. The number of rotatable bonds is 4. The van der Waals surface area contributed by atoms with Crippen LogP contribution in [0.2, 0.25) is 0 Å². The molecular weight excluding hydrogens is 232 g/mol. The van der Waals surface area contributed by atoms with E-state index in [0.717, 1.165) is 17.7 Å². The lowest BCUT2D eigenvalue weighted by Gasteiger charge is -2.28. The number of thiophene rings is 1. The summed E-state index contributed by atoms with van der Waals surface area (Å²) in [5, 5.41) is 3.14. The average Bonchev–Trinajstić information content (AvgIpc) is 2.89. The van der Waals surface area contributed by atoms with Crippen molar-refractivity contribution in [1.29, 1.82) is 0 Å². The molecule has 0 spiro atoms. The van der Waals surface area contributed by atoms with Gasteiger partial charge in [-0.3, -0.25) is 4.79 Å².